The SMILES string of the molecule is CC(CN1CCOCC1)NS(=O)(=O)CC1CCNCC1. The van der Waals surface area contributed by atoms with Crippen LogP contribution in [0, 0.1) is 5.92 Å². The summed E-state index contributed by atoms with van der Waals surface area (Å²) in [6.07, 6.45) is 1.91. The van der Waals surface area contributed by atoms with Gasteiger partial charge < -0.3 is 10.1 Å². The fraction of sp³-hybridized carbons (Fsp3) is 1.00. The minimum Gasteiger partial charge on any atom is -0.379 e. The van der Waals surface area contributed by atoms with E-state index in [9.17, 15) is 8.42 Å². The number of nitrogens with zero attached hydrogens (tertiary/aromatic N) is 1. The maximum atomic E-state index is 12.2. The highest BCUT2D eigenvalue weighted by Crippen LogP contribution is 2.14. The summed E-state index contributed by atoms with van der Waals surface area (Å²) in [5.74, 6) is 0.562. The topological polar surface area (TPSA) is 70.7 Å². The van der Waals surface area contributed by atoms with Gasteiger partial charge >= 0.3 is 0 Å². The number of sulfonamides is 1. The summed E-state index contributed by atoms with van der Waals surface area (Å²) in [4.78, 5) is 2.25. The molecule has 2 fully saturated rings. The highest BCUT2D eigenvalue weighted by Gasteiger charge is 2.23. The minimum absolute atomic E-state index is 0.0418. The van der Waals surface area contributed by atoms with Crippen molar-refractivity contribution in [3.63, 3.8) is 0 Å². The normalized spacial score (nSPS) is 24.6. The Hall–Kier alpha value is -0.210. The van der Waals surface area contributed by atoms with Crippen molar-refractivity contribution in [2.45, 2.75) is 25.8 Å². The van der Waals surface area contributed by atoms with E-state index in [1.54, 1.807) is 0 Å². The van der Waals surface area contributed by atoms with Gasteiger partial charge in [-0.2, -0.15) is 0 Å². The zero-order valence-electron chi connectivity index (χ0n) is 12.3. The molecule has 0 spiro atoms. The molecule has 1 unspecified atom stereocenters. The van der Waals surface area contributed by atoms with Crippen LogP contribution in [0.25, 0.3) is 0 Å². The third-order valence-corrected chi connectivity index (χ3v) is 5.60. The monoisotopic (exact) mass is 305 g/mol. The predicted molar refractivity (Wildman–Crippen MR) is 79.2 cm³/mol. The van der Waals surface area contributed by atoms with E-state index in [0.29, 0.717) is 5.92 Å². The molecule has 2 N–H and O–H groups in total. The molecule has 118 valence electrons. The van der Waals surface area contributed by atoms with E-state index < -0.39 is 10.0 Å². The zero-order valence-corrected chi connectivity index (χ0v) is 13.1. The first-order valence-electron chi connectivity index (χ1n) is 7.56. The molecule has 0 bridgehead atoms. The number of piperidine rings is 1. The molecule has 2 saturated heterocycles. The molecule has 2 aliphatic rings. The van der Waals surface area contributed by atoms with Crippen LogP contribution >= 0.6 is 0 Å². The Labute approximate surface area is 122 Å². The Balaban J connectivity index is 1.74. The first-order valence-corrected chi connectivity index (χ1v) is 9.21. The predicted octanol–water partition coefficient (Wildman–Crippen LogP) is -0.374. The third kappa shape index (κ3) is 5.65. The molecule has 0 aromatic carbocycles. The lowest BCUT2D eigenvalue weighted by molar-refractivity contribution is 0.0354. The number of morpholine rings is 1. The summed E-state index contributed by atoms with van der Waals surface area (Å²) < 4.78 is 32.5. The average Bonchev–Trinajstić information content (AvgIpc) is 2.39. The number of hydrogen-bond donors (Lipinski definition) is 2. The van der Waals surface area contributed by atoms with Gasteiger partial charge in [-0.1, -0.05) is 0 Å². The van der Waals surface area contributed by atoms with Crippen molar-refractivity contribution in [2.75, 3.05) is 51.7 Å². The van der Waals surface area contributed by atoms with Gasteiger partial charge in [0.05, 0.1) is 19.0 Å². The van der Waals surface area contributed by atoms with Crippen LogP contribution in [-0.4, -0.2) is 71.0 Å². The Morgan fingerprint density at radius 3 is 2.60 bits per heavy atom. The van der Waals surface area contributed by atoms with Crippen molar-refractivity contribution >= 4 is 10.0 Å². The van der Waals surface area contributed by atoms with E-state index in [1.807, 2.05) is 6.92 Å². The van der Waals surface area contributed by atoms with Crippen LogP contribution in [0.15, 0.2) is 0 Å². The Morgan fingerprint density at radius 2 is 1.95 bits per heavy atom. The van der Waals surface area contributed by atoms with Gasteiger partial charge in [-0.05, 0) is 38.8 Å². The minimum atomic E-state index is -3.17. The summed E-state index contributed by atoms with van der Waals surface area (Å²) >= 11 is 0. The van der Waals surface area contributed by atoms with Gasteiger partial charge in [0.2, 0.25) is 10.0 Å². The van der Waals surface area contributed by atoms with E-state index in [4.69, 9.17) is 4.74 Å². The Bertz CT molecular complexity index is 376. The zero-order chi connectivity index (χ0) is 14.4. The van der Waals surface area contributed by atoms with Gasteiger partial charge in [-0.3, -0.25) is 4.90 Å². The molecular weight excluding hydrogens is 278 g/mol. The van der Waals surface area contributed by atoms with Crippen LogP contribution in [0.1, 0.15) is 19.8 Å². The molecule has 0 aromatic heterocycles. The average molecular weight is 305 g/mol. The molecule has 2 aliphatic heterocycles. The molecule has 1 atom stereocenters. The van der Waals surface area contributed by atoms with E-state index in [0.717, 1.165) is 58.8 Å². The van der Waals surface area contributed by atoms with Crippen LogP contribution in [-0.2, 0) is 14.8 Å². The second kappa shape index (κ2) is 7.70. The lowest BCUT2D eigenvalue weighted by Crippen LogP contribution is -2.47. The molecular formula is C13H27N3O3S. The summed E-state index contributed by atoms with van der Waals surface area (Å²) in [5, 5.41) is 3.26. The molecule has 7 heteroatoms. The van der Waals surface area contributed by atoms with Gasteiger partial charge in [0.25, 0.3) is 0 Å². The molecule has 0 aromatic rings. The summed E-state index contributed by atoms with van der Waals surface area (Å²) in [6.45, 7) is 7.83. The molecule has 0 saturated carbocycles. The second-order valence-electron chi connectivity index (χ2n) is 5.91. The summed E-state index contributed by atoms with van der Waals surface area (Å²) in [5.41, 5.74) is 0. The highest BCUT2D eigenvalue weighted by atomic mass is 32.2. The highest BCUT2D eigenvalue weighted by molar-refractivity contribution is 7.89. The molecule has 6 nitrogen and oxygen atoms in total. The van der Waals surface area contributed by atoms with E-state index in [2.05, 4.69) is 14.9 Å². The van der Waals surface area contributed by atoms with Gasteiger partial charge in [0.15, 0.2) is 0 Å². The molecule has 20 heavy (non-hydrogen) atoms. The lowest BCUT2D eigenvalue weighted by Gasteiger charge is -2.29. The van der Waals surface area contributed by atoms with E-state index in [-0.39, 0.29) is 11.8 Å². The van der Waals surface area contributed by atoms with Crippen LogP contribution < -0.4 is 10.0 Å². The van der Waals surface area contributed by atoms with Crippen LogP contribution in [0.2, 0.25) is 0 Å². The van der Waals surface area contributed by atoms with Crippen molar-refractivity contribution in [2.24, 2.45) is 5.92 Å². The van der Waals surface area contributed by atoms with Crippen LogP contribution in [0.5, 0.6) is 0 Å². The number of rotatable bonds is 6. The first-order chi connectivity index (χ1) is 9.55. The van der Waals surface area contributed by atoms with Gasteiger partial charge in [-0.15, -0.1) is 0 Å². The molecule has 2 rings (SSSR count). The van der Waals surface area contributed by atoms with E-state index >= 15 is 0 Å². The van der Waals surface area contributed by atoms with Crippen LogP contribution in [0.3, 0.4) is 0 Å². The van der Waals surface area contributed by atoms with E-state index in [1.165, 1.54) is 0 Å². The molecule has 2 heterocycles. The van der Waals surface area contributed by atoms with Crippen molar-refractivity contribution in [1.29, 1.82) is 0 Å². The summed E-state index contributed by atoms with van der Waals surface area (Å²) in [6, 6.07) is -0.0418. The van der Waals surface area contributed by atoms with Gasteiger partial charge in [-0.25, -0.2) is 13.1 Å². The number of hydrogen-bond acceptors (Lipinski definition) is 5. The smallest absolute Gasteiger partial charge is 0.212 e. The quantitative estimate of drug-likeness (QED) is 0.700. The third-order valence-electron chi connectivity index (χ3n) is 3.93. The maximum absolute atomic E-state index is 12.2. The lowest BCUT2D eigenvalue weighted by atomic mass is 10.0. The number of ether oxygens (including phenoxy) is 1. The van der Waals surface area contributed by atoms with Crippen molar-refractivity contribution < 1.29 is 13.2 Å². The fourth-order valence-electron chi connectivity index (χ4n) is 2.92. The fourth-order valence-corrected chi connectivity index (χ4v) is 4.66. The number of nitrogens with one attached hydrogen (secondary N) is 2. The first kappa shape index (κ1) is 16.2. The standard InChI is InChI=1S/C13H27N3O3S/c1-12(10-16-6-8-19-9-7-16)15-20(17,18)11-13-2-4-14-5-3-13/h12-15H,2-11H2,1H3. The van der Waals surface area contributed by atoms with Crippen molar-refractivity contribution in [1.82, 2.24) is 14.9 Å². The van der Waals surface area contributed by atoms with Gasteiger partial charge in [0, 0.05) is 25.7 Å². The van der Waals surface area contributed by atoms with Crippen LogP contribution in [0.4, 0.5) is 0 Å². The summed E-state index contributed by atoms with van der Waals surface area (Å²) in [7, 11) is -3.17. The largest absolute Gasteiger partial charge is 0.379 e. The maximum Gasteiger partial charge on any atom is 0.212 e. The van der Waals surface area contributed by atoms with Gasteiger partial charge in [0.1, 0.15) is 0 Å². The molecule has 0 amide bonds. The molecule has 0 aliphatic carbocycles. The van der Waals surface area contributed by atoms with Crippen molar-refractivity contribution in [3.8, 4) is 0 Å². The Morgan fingerprint density at radius 1 is 1.30 bits per heavy atom. The molecule has 0 radical (unpaired) electrons. The Kier molecular flexibility index (Phi) is 6.22. The second-order valence-corrected chi connectivity index (χ2v) is 7.71. The van der Waals surface area contributed by atoms with Crippen molar-refractivity contribution in [3.05, 3.63) is 0 Å².